The molecule has 18 heteroatoms. The molecule has 0 aliphatic heterocycles. The molecule has 3 aliphatic carbocycles. The summed E-state index contributed by atoms with van der Waals surface area (Å²) in [7, 11) is 0. The van der Waals surface area contributed by atoms with Crippen LogP contribution >= 0.6 is 0 Å². The molecule has 3 N–H and O–H groups in total. The minimum atomic E-state index is -4.38. The van der Waals surface area contributed by atoms with Crippen LogP contribution in [0.15, 0.2) is 36.4 Å². The first-order valence-electron chi connectivity index (χ1n) is 20.3. The van der Waals surface area contributed by atoms with Crippen LogP contribution in [0.5, 0.6) is 0 Å². The molecule has 3 heterocycles. The largest absolute Gasteiger partial charge is 0.481 e. The molecule has 0 saturated heterocycles. The number of hydrogen-bond acceptors (Lipinski definition) is 6. The van der Waals surface area contributed by atoms with Gasteiger partial charge >= 0.3 is 36.4 Å². The van der Waals surface area contributed by atoms with Crippen LogP contribution in [0.1, 0.15) is 132 Å². The van der Waals surface area contributed by atoms with Crippen molar-refractivity contribution >= 4 is 17.9 Å². The van der Waals surface area contributed by atoms with Gasteiger partial charge in [0.15, 0.2) is 0 Å². The summed E-state index contributed by atoms with van der Waals surface area (Å²) in [6.45, 7) is 11.6. The van der Waals surface area contributed by atoms with Gasteiger partial charge in [-0.3, -0.25) is 29.3 Å². The molecule has 3 aromatic heterocycles. The van der Waals surface area contributed by atoms with E-state index < -0.39 is 68.9 Å². The number of nitrogens with zero attached hydrogens (tertiary/aromatic N) is 3. The van der Waals surface area contributed by atoms with Gasteiger partial charge in [0, 0.05) is 17.1 Å². The molecule has 63 heavy (non-hydrogen) atoms. The highest BCUT2D eigenvalue weighted by Gasteiger charge is 2.52. The maximum absolute atomic E-state index is 13.1. The van der Waals surface area contributed by atoms with Gasteiger partial charge in [-0.1, -0.05) is 18.2 Å². The summed E-state index contributed by atoms with van der Waals surface area (Å²) in [5, 5.41) is 27.7. The van der Waals surface area contributed by atoms with Gasteiger partial charge in [-0.25, -0.2) is 0 Å². The van der Waals surface area contributed by atoms with E-state index >= 15 is 0 Å². The number of fused-ring (bicyclic) bond motifs is 3. The van der Waals surface area contributed by atoms with Crippen LogP contribution in [-0.2, 0) is 69.2 Å². The first-order valence-corrected chi connectivity index (χ1v) is 20.3. The fourth-order valence-corrected chi connectivity index (χ4v) is 7.46. The third kappa shape index (κ3) is 10.3. The highest BCUT2D eigenvalue weighted by Crippen LogP contribution is 2.44. The molecule has 0 bridgehead atoms. The Labute approximate surface area is 360 Å². The quantitative estimate of drug-likeness (QED) is 0.205. The average molecular weight is 904 g/mol. The number of pyridine rings is 3. The van der Waals surface area contributed by atoms with Crippen LogP contribution in [0.25, 0.3) is 0 Å². The Morgan fingerprint density at radius 1 is 0.444 bits per heavy atom. The minimum absolute atomic E-state index is 0.0207. The molecule has 0 amide bonds. The zero-order valence-electron chi connectivity index (χ0n) is 36.6. The molecule has 9 nitrogen and oxygen atoms in total. The molecule has 0 radical (unpaired) electrons. The van der Waals surface area contributed by atoms with Crippen LogP contribution in [0.4, 0.5) is 39.5 Å². The van der Waals surface area contributed by atoms with Gasteiger partial charge in [-0.2, -0.15) is 39.5 Å². The number of hydrogen-bond donors (Lipinski definition) is 3. The fourth-order valence-electron chi connectivity index (χ4n) is 7.46. The fraction of sp³-hybridized carbons (Fsp3) is 0.600. The highest BCUT2D eigenvalue weighted by molar-refractivity contribution is 5.76. The first-order chi connectivity index (χ1) is 28.4. The number of aliphatic carboxylic acids is 3. The number of halogens is 9. The number of alkyl halides is 9. The zero-order chi connectivity index (χ0) is 48.2. The van der Waals surface area contributed by atoms with Crippen molar-refractivity contribution in [3.63, 3.8) is 0 Å². The Bertz CT molecular complexity index is 1990. The van der Waals surface area contributed by atoms with Crippen LogP contribution in [0.2, 0.25) is 0 Å². The molecule has 0 saturated carbocycles. The van der Waals surface area contributed by atoms with Crippen molar-refractivity contribution in [2.45, 2.75) is 155 Å². The summed E-state index contributed by atoms with van der Waals surface area (Å²) < 4.78 is 118. The van der Waals surface area contributed by atoms with Crippen LogP contribution < -0.4 is 0 Å². The van der Waals surface area contributed by atoms with Gasteiger partial charge in [0.25, 0.3) is 0 Å². The summed E-state index contributed by atoms with van der Waals surface area (Å²) in [6.07, 6.45) is -9.89. The second-order valence-electron chi connectivity index (χ2n) is 19.4. The third-order valence-electron chi connectivity index (χ3n) is 13.3. The first kappa shape index (κ1) is 50.9. The number of aromatic nitrogens is 3. The van der Waals surface area contributed by atoms with Gasteiger partial charge in [0.2, 0.25) is 0 Å². The molecule has 0 spiro atoms. The van der Waals surface area contributed by atoms with Crippen molar-refractivity contribution < 1.29 is 69.2 Å². The van der Waals surface area contributed by atoms with E-state index in [4.69, 9.17) is 0 Å². The molecule has 3 aliphatic rings. The molecule has 6 rings (SSSR count). The van der Waals surface area contributed by atoms with Crippen molar-refractivity contribution in [2.24, 2.45) is 16.2 Å². The average Bonchev–Trinajstić information content (AvgIpc) is 3.16. The van der Waals surface area contributed by atoms with E-state index in [1.807, 2.05) is 0 Å². The SMILES string of the molecule is CC(C)(c1ccc2c(n1)CC[C@@](C)(C(=O)O)C2)C(F)(F)F.CC(C)(c1ccc2c(n1)CC[C@](C)(C(=O)O)C2)C(F)(F)F.CC1(C(=O)O)CCc2nc(C(C)(C)C(F)(F)F)ccc2C1. The number of rotatable bonds is 6. The standard InChI is InChI=1S/3C15H18F3NO2/c3*1-13(2,15(16,17)18)11-5-4-9-8-14(3,12(20)21)7-6-10(9)19-11/h3*4-5H,6-8H2,1-3H3,(H,20,21)/t2*14-;/m10./s1. The second kappa shape index (κ2) is 17.0. The van der Waals surface area contributed by atoms with Crippen molar-refractivity contribution in [1.82, 2.24) is 15.0 Å². The third-order valence-corrected chi connectivity index (χ3v) is 13.3. The normalized spacial score (nSPS) is 22.8. The molecule has 0 fully saturated rings. The Kier molecular flexibility index (Phi) is 13.7. The Balaban J connectivity index is 0.000000207. The van der Waals surface area contributed by atoms with E-state index in [1.165, 1.54) is 18.2 Å². The summed E-state index contributed by atoms with van der Waals surface area (Å²) in [5.41, 5.74) is -4.76. The van der Waals surface area contributed by atoms with Gasteiger partial charge < -0.3 is 15.3 Å². The van der Waals surface area contributed by atoms with E-state index in [2.05, 4.69) is 15.0 Å². The van der Waals surface area contributed by atoms with Crippen molar-refractivity contribution in [3.8, 4) is 0 Å². The van der Waals surface area contributed by atoms with Crippen LogP contribution in [0, 0.1) is 16.2 Å². The lowest BCUT2D eigenvalue weighted by atomic mass is 9.74. The van der Waals surface area contributed by atoms with E-state index in [0.717, 1.165) is 58.2 Å². The predicted octanol–water partition coefficient (Wildman–Crippen LogP) is 10.5. The van der Waals surface area contributed by atoms with Crippen LogP contribution in [0.3, 0.4) is 0 Å². The smallest absolute Gasteiger partial charge is 0.399 e. The Morgan fingerprint density at radius 3 is 0.825 bits per heavy atom. The lowest BCUT2D eigenvalue weighted by molar-refractivity contribution is -0.181. The molecular formula is C45H54F9N3O6. The van der Waals surface area contributed by atoms with E-state index in [-0.39, 0.29) is 17.1 Å². The topological polar surface area (TPSA) is 151 Å². The number of carboxylic acid groups (broad SMARTS) is 3. The summed E-state index contributed by atoms with van der Waals surface area (Å²) in [4.78, 5) is 46.3. The van der Waals surface area contributed by atoms with E-state index in [9.17, 15) is 69.2 Å². The van der Waals surface area contributed by atoms with Crippen molar-refractivity contribution in [1.29, 1.82) is 0 Å². The molecule has 3 atom stereocenters. The minimum Gasteiger partial charge on any atom is -0.481 e. The lowest BCUT2D eigenvalue weighted by Crippen LogP contribution is -2.38. The Hall–Kier alpha value is -4.77. The van der Waals surface area contributed by atoms with Crippen molar-refractivity contribution in [2.75, 3.05) is 0 Å². The highest BCUT2D eigenvalue weighted by atomic mass is 19.4. The summed E-state index contributed by atoms with van der Waals surface area (Å²) >= 11 is 0. The van der Waals surface area contributed by atoms with Crippen LogP contribution in [-0.4, -0.2) is 66.7 Å². The van der Waals surface area contributed by atoms with Crippen molar-refractivity contribution in [3.05, 3.63) is 87.3 Å². The zero-order valence-corrected chi connectivity index (χ0v) is 36.6. The monoisotopic (exact) mass is 903 g/mol. The van der Waals surface area contributed by atoms with E-state index in [1.54, 1.807) is 39.0 Å². The maximum atomic E-state index is 13.1. The molecule has 0 aromatic carbocycles. The van der Waals surface area contributed by atoms with Gasteiger partial charge in [0.05, 0.1) is 33.3 Å². The lowest BCUT2D eigenvalue weighted by Gasteiger charge is -2.32. The molecule has 1 unspecified atom stereocenters. The molecule has 3 aromatic rings. The van der Waals surface area contributed by atoms with E-state index in [0.29, 0.717) is 74.9 Å². The number of carbonyl (C=O) groups is 3. The summed E-state index contributed by atoms with van der Waals surface area (Å²) in [5.74, 6) is -2.64. The Morgan fingerprint density at radius 2 is 0.651 bits per heavy atom. The van der Waals surface area contributed by atoms with Gasteiger partial charge in [-0.15, -0.1) is 0 Å². The molecule has 348 valence electrons. The predicted molar refractivity (Wildman–Crippen MR) is 213 cm³/mol. The summed E-state index contributed by atoms with van der Waals surface area (Å²) in [6, 6.07) is 8.85. The second-order valence-corrected chi connectivity index (χ2v) is 19.4. The van der Waals surface area contributed by atoms with Gasteiger partial charge in [-0.05, 0) is 155 Å². The molecular weight excluding hydrogens is 849 g/mol. The van der Waals surface area contributed by atoms with Gasteiger partial charge in [0.1, 0.15) is 16.2 Å². The maximum Gasteiger partial charge on any atom is 0.399 e. The number of carboxylic acids is 3. The number of aryl methyl sites for hydroxylation is 3.